The molecule has 2 aromatic rings. The second-order valence-electron chi connectivity index (χ2n) is 7.64. The number of halogens is 2. The second-order valence-corrected chi connectivity index (χ2v) is 8.05. The van der Waals surface area contributed by atoms with Crippen LogP contribution in [0.4, 0.5) is 4.39 Å². The van der Waals surface area contributed by atoms with E-state index in [9.17, 15) is 14.0 Å². The lowest BCUT2D eigenvalue weighted by Gasteiger charge is -2.69. The fraction of sp³-hybridized carbons (Fsp3) is 0.421. The zero-order chi connectivity index (χ0) is 19.9. The molecule has 0 aliphatic heterocycles. The number of hydrogen-bond donors (Lipinski definition) is 2. The predicted molar refractivity (Wildman–Crippen MR) is 99.1 cm³/mol. The number of nitrogens with one attached hydrogen (secondary N) is 2. The maximum absolute atomic E-state index is 13.4. The third-order valence-electron chi connectivity index (χ3n) is 5.51. The molecule has 5 rings (SSSR count). The summed E-state index contributed by atoms with van der Waals surface area (Å²) in [5, 5.41) is 5.86. The van der Waals surface area contributed by atoms with Gasteiger partial charge in [-0.25, -0.2) is 9.37 Å². The van der Waals surface area contributed by atoms with Crippen molar-refractivity contribution in [3.63, 3.8) is 0 Å². The molecule has 0 spiro atoms. The molecule has 7 nitrogen and oxygen atoms in total. The number of carbonyl (C=O) groups is 2. The van der Waals surface area contributed by atoms with Gasteiger partial charge < -0.3 is 19.9 Å². The van der Waals surface area contributed by atoms with Gasteiger partial charge in [0.2, 0.25) is 5.91 Å². The standard InChI is InChI=1S/C19H20ClFN4O3/c1-25-5-4-22-15(25)7-23-17(27)18-9-19(10-18,11-18)24-16(26)8-28-12-2-3-13(20)14(21)6-12/h2-6H,7-11H2,1H3,(H,23,27)(H,24,26). The first-order valence-corrected chi connectivity index (χ1v) is 9.32. The Bertz CT molecular complexity index is 925. The molecule has 1 heterocycles. The van der Waals surface area contributed by atoms with Crippen molar-refractivity contribution in [3.8, 4) is 5.75 Å². The van der Waals surface area contributed by atoms with E-state index in [1.807, 2.05) is 17.8 Å². The Kier molecular flexibility index (Phi) is 4.53. The maximum Gasteiger partial charge on any atom is 0.258 e. The van der Waals surface area contributed by atoms with Crippen molar-refractivity contribution < 1.29 is 18.7 Å². The highest BCUT2D eigenvalue weighted by Crippen LogP contribution is 2.67. The van der Waals surface area contributed by atoms with Crippen LogP contribution in [0.25, 0.3) is 0 Å². The number of hydrogen-bond acceptors (Lipinski definition) is 4. The molecular weight excluding hydrogens is 387 g/mol. The smallest absolute Gasteiger partial charge is 0.258 e. The summed E-state index contributed by atoms with van der Waals surface area (Å²) in [6.45, 7) is 0.163. The Hall–Kier alpha value is -2.61. The van der Waals surface area contributed by atoms with E-state index in [4.69, 9.17) is 16.3 Å². The molecule has 1 aromatic heterocycles. The minimum atomic E-state index is -0.600. The van der Waals surface area contributed by atoms with Crippen LogP contribution in [0.5, 0.6) is 5.75 Å². The van der Waals surface area contributed by atoms with E-state index in [0.717, 1.165) is 11.9 Å². The average molecular weight is 407 g/mol. The number of aryl methyl sites for hydroxylation is 1. The molecule has 2 amide bonds. The molecule has 0 unspecified atom stereocenters. The van der Waals surface area contributed by atoms with Crippen molar-refractivity contribution in [2.45, 2.75) is 31.3 Å². The van der Waals surface area contributed by atoms with Crippen molar-refractivity contribution in [2.75, 3.05) is 6.61 Å². The van der Waals surface area contributed by atoms with Crippen LogP contribution in [0.1, 0.15) is 25.1 Å². The second kappa shape index (κ2) is 6.77. The minimum Gasteiger partial charge on any atom is -0.484 e. The average Bonchev–Trinajstić information content (AvgIpc) is 3.00. The van der Waals surface area contributed by atoms with Gasteiger partial charge in [0, 0.05) is 31.0 Å². The van der Waals surface area contributed by atoms with Crippen LogP contribution in [-0.4, -0.2) is 33.5 Å². The van der Waals surface area contributed by atoms with Crippen LogP contribution in [0, 0.1) is 11.2 Å². The lowest BCUT2D eigenvalue weighted by molar-refractivity contribution is -0.184. The fourth-order valence-corrected chi connectivity index (χ4v) is 4.24. The van der Waals surface area contributed by atoms with Crippen molar-refractivity contribution in [3.05, 3.63) is 47.3 Å². The highest BCUT2D eigenvalue weighted by Gasteiger charge is 2.72. The first kappa shape index (κ1) is 18.7. The molecule has 0 saturated heterocycles. The topological polar surface area (TPSA) is 85.3 Å². The Morgan fingerprint density at radius 2 is 2.11 bits per heavy atom. The Morgan fingerprint density at radius 3 is 2.75 bits per heavy atom. The minimum absolute atomic E-state index is 0.000451. The van der Waals surface area contributed by atoms with Crippen LogP contribution in [0.15, 0.2) is 30.6 Å². The third-order valence-corrected chi connectivity index (χ3v) is 5.81. The van der Waals surface area contributed by atoms with Gasteiger partial charge in [-0.2, -0.15) is 0 Å². The van der Waals surface area contributed by atoms with Crippen molar-refractivity contribution in [1.82, 2.24) is 20.2 Å². The third kappa shape index (κ3) is 3.32. The number of ether oxygens (including phenoxy) is 1. The quantitative estimate of drug-likeness (QED) is 0.736. The van der Waals surface area contributed by atoms with Gasteiger partial charge in [0.05, 0.1) is 17.0 Å². The van der Waals surface area contributed by atoms with Gasteiger partial charge in [0.1, 0.15) is 17.4 Å². The Balaban J connectivity index is 1.21. The van der Waals surface area contributed by atoms with Gasteiger partial charge in [-0.1, -0.05) is 11.6 Å². The van der Waals surface area contributed by atoms with Crippen molar-refractivity contribution >= 4 is 23.4 Å². The van der Waals surface area contributed by atoms with E-state index in [0.29, 0.717) is 25.8 Å². The highest BCUT2D eigenvalue weighted by atomic mass is 35.5. The fourth-order valence-electron chi connectivity index (χ4n) is 4.12. The molecule has 0 atom stereocenters. The van der Waals surface area contributed by atoms with Gasteiger partial charge in [-0.3, -0.25) is 9.59 Å². The van der Waals surface area contributed by atoms with E-state index >= 15 is 0 Å². The van der Waals surface area contributed by atoms with Crippen LogP contribution >= 0.6 is 11.6 Å². The maximum atomic E-state index is 13.4. The summed E-state index contributed by atoms with van der Waals surface area (Å²) in [6.07, 6.45) is 5.37. The highest BCUT2D eigenvalue weighted by molar-refractivity contribution is 6.30. The van der Waals surface area contributed by atoms with Crippen LogP contribution in [0.2, 0.25) is 5.02 Å². The molecular formula is C19H20ClFN4O3. The van der Waals surface area contributed by atoms with Gasteiger partial charge in [-0.05, 0) is 31.4 Å². The summed E-state index contributed by atoms with van der Waals surface area (Å²) < 4.78 is 20.5. The predicted octanol–water partition coefficient (Wildman–Crippen LogP) is 1.95. The summed E-state index contributed by atoms with van der Waals surface area (Å²) >= 11 is 5.61. The molecule has 3 aliphatic carbocycles. The Morgan fingerprint density at radius 1 is 1.36 bits per heavy atom. The molecule has 3 aliphatic rings. The van der Waals surface area contributed by atoms with E-state index in [2.05, 4.69) is 15.6 Å². The van der Waals surface area contributed by atoms with Gasteiger partial charge >= 0.3 is 0 Å². The first-order valence-electron chi connectivity index (χ1n) is 8.94. The number of benzene rings is 1. The summed E-state index contributed by atoms with van der Waals surface area (Å²) in [5.74, 6) is 0.132. The summed E-state index contributed by atoms with van der Waals surface area (Å²) in [7, 11) is 1.88. The summed E-state index contributed by atoms with van der Waals surface area (Å²) in [5.41, 5.74) is -0.717. The van der Waals surface area contributed by atoms with E-state index in [1.54, 1.807) is 6.20 Å². The molecule has 28 heavy (non-hydrogen) atoms. The monoisotopic (exact) mass is 406 g/mol. The number of carbonyl (C=O) groups excluding carboxylic acids is 2. The molecule has 1 aromatic carbocycles. The number of nitrogens with zero attached hydrogens (tertiary/aromatic N) is 2. The molecule has 2 N–H and O–H groups in total. The largest absolute Gasteiger partial charge is 0.484 e. The van der Waals surface area contributed by atoms with Crippen LogP contribution < -0.4 is 15.4 Å². The van der Waals surface area contributed by atoms with Crippen LogP contribution in [-0.2, 0) is 23.2 Å². The zero-order valence-corrected chi connectivity index (χ0v) is 16.1. The number of imidazole rings is 1. The summed E-state index contributed by atoms with van der Waals surface area (Å²) in [4.78, 5) is 28.8. The lowest BCUT2D eigenvalue weighted by atomic mass is 9.39. The molecule has 3 saturated carbocycles. The van der Waals surface area contributed by atoms with E-state index in [1.165, 1.54) is 12.1 Å². The summed E-state index contributed by atoms with van der Waals surface area (Å²) in [6, 6.07) is 4.01. The van der Waals surface area contributed by atoms with Gasteiger partial charge in [-0.15, -0.1) is 0 Å². The molecule has 9 heteroatoms. The first-order chi connectivity index (χ1) is 13.3. The van der Waals surface area contributed by atoms with E-state index in [-0.39, 0.29) is 34.7 Å². The normalized spacial score (nSPS) is 24.7. The molecule has 3 fully saturated rings. The SMILES string of the molecule is Cn1ccnc1CNC(=O)C12CC(NC(=O)COc3ccc(Cl)c(F)c3)(C1)C2. The van der Waals surface area contributed by atoms with Gasteiger partial charge in [0.15, 0.2) is 6.61 Å². The van der Waals surface area contributed by atoms with Gasteiger partial charge in [0.25, 0.3) is 5.91 Å². The number of aromatic nitrogens is 2. The van der Waals surface area contributed by atoms with Crippen molar-refractivity contribution in [2.24, 2.45) is 12.5 Å². The molecule has 0 radical (unpaired) electrons. The van der Waals surface area contributed by atoms with Crippen LogP contribution in [0.3, 0.4) is 0 Å². The molecule has 148 valence electrons. The zero-order valence-electron chi connectivity index (χ0n) is 15.3. The lowest BCUT2D eigenvalue weighted by Crippen LogP contribution is -2.78. The van der Waals surface area contributed by atoms with E-state index < -0.39 is 11.2 Å². The number of amides is 2. The molecule has 2 bridgehead atoms. The van der Waals surface area contributed by atoms with Crippen molar-refractivity contribution in [1.29, 1.82) is 0 Å². The Labute approximate surface area is 166 Å². The number of rotatable bonds is 7.